The second kappa shape index (κ2) is 7.21. The van der Waals surface area contributed by atoms with Crippen molar-refractivity contribution in [2.75, 3.05) is 19.0 Å². The molecule has 0 aliphatic rings. The minimum absolute atomic E-state index is 0.167. The summed E-state index contributed by atoms with van der Waals surface area (Å²) in [7, 11) is 3.78. The van der Waals surface area contributed by atoms with Gasteiger partial charge in [-0.05, 0) is 43.3 Å². The van der Waals surface area contributed by atoms with Crippen molar-refractivity contribution in [3.8, 4) is 0 Å². The number of benzene rings is 2. The van der Waals surface area contributed by atoms with E-state index in [1.54, 1.807) is 31.2 Å². The highest BCUT2D eigenvalue weighted by Crippen LogP contribution is 2.27. The lowest BCUT2D eigenvalue weighted by atomic mass is 10.1. The summed E-state index contributed by atoms with van der Waals surface area (Å²) in [6, 6.07) is 12.6. The Morgan fingerprint density at radius 3 is 2.50 bits per heavy atom. The Balaban J connectivity index is 1.74. The fourth-order valence-electron chi connectivity index (χ4n) is 2.58. The van der Waals surface area contributed by atoms with Gasteiger partial charge in [0, 0.05) is 40.8 Å². The van der Waals surface area contributed by atoms with Crippen LogP contribution in [0.4, 0.5) is 5.69 Å². The fourth-order valence-corrected chi connectivity index (χ4v) is 2.94. The van der Waals surface area contributed by atoms with E-state index >= 15 is 0 Å². The number of amides is 2. The molecule has 0 unspecified atom stereocenters. The van der Waals surface area contributed by atoms with Crippen molar-refractivity contribution in [3.05, 3.63) is 63.8 Å². The van der Waals surface area contributed by atoms with Gasteiger partial charge >= 0.3 is 5.91 Å². The molecule has 0 aliphatic carbocycles. The van der Waals surface area contributed by atoms with Crippen LogP contribution in [0, 0.1) is 6.92 Å². The van der Waals surface area contributed by atoms with Gasteiger partial charge in [-0.3, -0.25) is 20.4 Å². The average molecular weight is 416 g/mol. The number of nitrogens with one attached hydrogen (secondary N) is 2. The normalized spacial score (nSPS) is 10.6. The molecule has 3 rings (SSSR count). The first-order valence-electron chi connectivity index (χ1n) is 7.93. The Labute approximate surface area is 159 Å². The highest BCUT2D eigenvalue weighted by atomic mass is 79.9. The van der Waals surface area contributed by atoms with E-state index in [9.17, 15) is 9.59 Å². The lowest BCUT2D eigenvalue weighted by molar-refractivity contribution is 0.0831. The first-order chi connectivity index (χ1) is 12.4. The van der Waals surface area contributed by atoms with Crippen LogP contribution >= 0.6 is 15.9 Å². The summed E-state index contributed by atoms with van der Waals surface area (Å²) in [4.78, 5) is 26.6. The van der Waals surface area contributed by atoms with Crippen molar-refractivity contribution in [2.45, 2.75) is 6.92 Å². The monoisotopic (exact) mass is 415 g/mol. The number of rotatable bonds is 3. The highest BCUT2D eigenvalue weighted by molar-refractivity contribution is 9.10. The molecule has 2 N–H and O–H groups in total. The van der Waals surface area contributed by atoms with E-state index in [-0.39, 0.29) is 5.76 Å². The van der Waals surface area contributed by atoms with E-state index in [2.05, 4.69) is 26.8 Å². The van der Waals surface area contributed by atoms with Crippen LogP contribution in [-0.2, 0) is 0 Å². The van der Waals surface area contributed by atoms with Crippen LogP contribution in [0.1, 0.15) is 26.5 Å². The topological polar surface area (TPSA) is 74.6 Å². The molecule has 7 heteroatoms. The van der Waals surface area contributed by atoms with E-state index in [0.717, 1.165) is 15.5 Å². The standard InChI is InChI=1S/C19H18BrN3O3/c1-11-15-10-13(20)7-8-16(15)26-17(11)19(25)22-21-18(24)12-5-4-6-14(9-12)23(2)3/h4-10H,1-3H3,(H,21,24)(H,22,25). The predicted octanol–water partition coefficient (Wildman–Crippen LogP) is 3.64. The summed E-state index contributed by atoms with van der Waals surface area (Å²) in [5, 5.41) is 0.842. The molecule has 0 spiro atoms. The van der Waals surface area contributed by atoms with Gasteiger partial charge in [-0.25, -0.2) is 0 Å². The molecule has 134 valence electrons. The van der Waals surface area contributed by atoms with Crippen LogP contribution in [0.5, 0.6) is 0 Å². The lowest BCUT2D eigenvalue weighted by Crippen LogP contribution is -2.41. The molecule has 0 saturated carbocycles. The highest BCUT2D eigenvalue weighted by Gasteiger charge is 2.18. The molecule has 26 heavy (non-hydrogen) atoms. The summed E-state index contributed by atoms with van der Waals surface area (Å²) in [5.74, 6) is -0.745. The van der Waals surface area contributed by atoms with Crippen molar-refractivity contribution in [1.29, 1.82) is 0 Å². The van der Waals surface area contributed by atoms with Gasteiger partial charge < -0.3 is 9.32 Å². The molecule has 0 aliphatic heterocycles. The van der Waals surface area contributed by atoms with E-state index in [4.69, 9.17) is 4.42 Å². The Morgan fingerprint density at radius 1 is 1.04 bits per heavy atom. The third-order valence-corrected chi connectivity index (χ3v) is 4.51. The number of furan rings is 1. The quantitative estimate of drug-likeness (QED) is 0.640. The van der Waals surface area contributed by atoms with Gasteiger partial charge in [-0.15, -0.1) is 0 Å². The zero-order valence-corrected chi connectivity index (χ0v) is 16.2. The lowest BCUT2D eigenvalue weighted by Gasteiger charge is -2.13. The van der Waals surface area contributed by atoms with Crippen LogP contribution in [0.25, 0.3) is 11.0 Å². The molecular weight excluding hydrogens is 398 g/mol. The number of fused-ring (bicyclic) bond motifs is 1. The summed E-state index contributed by atoms with van der Waals surface area (Å²) >= 11 is 3.40. The van der Waals surface area contributed by atoms with Crippen molar-refractivity contribution in [2.24, 2.45) is 0 Å². The minimum Gasteiger partial charge on any atom is -0.451 e. The maximum Gasteiger partial charge on any atom is 0.305 e. The van der Waals surface area contributed by atoms with Crippen molar-refractivity contribution in [3.63, 3.8) is 0 Å². The first kappa shape index (κ1) is 18.0. The van der Waals surface area contributed by atoms with Crippen LogP contribution < -0.4 is 15.8 Å². The van der Waals surface area contributed by atoms with Gasteiger partial charge in [0.25, 0.3) is 5.91 Å². The van der Waals surface area contributed by atoms with Gasteiger partial charge in [-0.1, -0.05) is 22.0 Å². The molecule has 3 aromatic rings. The third-order valence-electron chi connectivity index (χ3n) is 4.02. The zero-order valence-electron chi connectivity index (χ0n) is 14.6. The Bertz CT molecular complexity index is 995. The Morgan fingerprint density at radius 2 is 1.77 bits per heavy atom. The van der Waals surface area contributed by atoms with Crippen molar-refractivity contribution >= 4 is 44.4 Å². The number of hydrogen-bond acceptors (Lipinski definition) is 4. The van der Waals surface area contributed by atoms with Gasteiger partial charge in [-0.2, -0.15) is 0 Å². The summed E-state index contributed by atoms with van der Waals surface area (Å²) < 4.78 is 6.51. The third kappa shape index (κ3) is 3.57. The van der Waals surface area contributed by atoms with Crippen molar-refractivity contribution in [1.82, 2.24) is 10.9 Å². The number of halogens is 1. The second-order valence-corrected chi connectivity index (χ2v) is 6.97. The zero-order chi connectivity index (χ0) is 18.8. The number of hydrazine groups is 1. The molecule has 1 heterocycles. The number of carbonyl (C=O) groups is 2. The molecule has 0 fully saturated rings. The molecular formula is C19H18BrN3O3. The van der Waals surface area contributed by atoms with Gasteiger partial charge in [0.1, 0.15) is 5.58 Å². The molecule has 2 aromatic carbocycles. The maximum absolute atomic E-state index is 12.4. The van der Waals surface area contributed by atoms with Crippen LogP contribution in [0.3, 0.4) is 0 Å². The molecule has 6 nitrogen and oxygen atoms in total. The number of hydrogen-bond donors (Lipinski definition) is 2. The van der Waals surface area contributed by atoms with E-state index in [1.807, 2.05) is 37.2 Å². The van der Waals surface area contributed by atoms with E-state index in [1.165, 1.54) is 0 Å². The average Bonchev–Trinajstić information content (AvgIpc) is 2.96. The SMILES string of the molecule is Cc1c(C(=O)NNC(=O)c2cccc(N(C)C)c2)oc2ccc(Br)cc12. The minimum atomic E-state index is -0.507. The second-order valence-electron chi connectivity index (χ2n) is 6.05. The molecule has 0 atom stereocenters. The number of nitrogens with zero attached hydrogens (tertiary/aromatic N) is 1. The molecule has 1 aromatic heterocycles. The fraction of sp³-hybridized carbons (Fsp3) is 0.158. The summed E-state index contributed by atoms with van der Waals surface area (Å²) in [6.07, 6.45) is 0. The first-order valence-corrected chi connectivity index (χ1v) is 8.73. The number of carbonyl (C=O) groups excluding carboxylic acids is 2. The maximum atomic E-state index is 12.4. The van der Waals surface area contributed by atoms with Gasteiger partial charge in [0.05, 0.1) is 0 Å². The Hall–Kier alpha value is -2.80. The summed E-state index contributed by atoms with van der Waals surface area (Å²) in [5.41, 5.74) is 7.48. The Kier molecular flexibility index (Phi) is 4.99. The molecule has 0 bridgehead atoms. The van der Waals surface area contributed by atoms with Crippen LogP contribution in [0.15, 0.2) is 51.4 Å². The molecule has 0 saturated heterocycles. The van der Waals surface area contributed by atoms with Gasteiger partial charge in [0.15, 0.2) is 5.76 Å². The van der Waals surface area contributed by atoms with Crippen LogP contribution in [0.2, 0.25) is 0 Å². The molecule has 0 radical (unpaired) electrons. The van der Waals surface area contributed by atoms with Gasteiger partial charge in [0.2, 0.25) is 0 Å². The van der Waals surface area contributed by atoms with E-state index < -0.39 is 11.8 Å². The molecule has 2 amide bonds. The summed E-state index contributed by atoms with van der Waals surface area (Å²) in [6.45, 7) is 1.80. The van der Waals surface area contributed by atoms with Crippen molar-refractivity contribution < 1.29 is 14.0 Å². The number of aryl methyl sites for hydroxylation is 1. The predicted molar refractivity (Wildman–Crippen MR) is 104 cm³/mol. The largest absolute Gasteiger partial charge is 0.451 e. The van der Waals surface area contributed by atoms with E-state index in [0.29, 0.717) is 16.7 Å². The number of anilines is 1. The smallest absolute Gasteiger partial charge is 0.305 e. The van der Waals surface area contributed by atoms with Crippen LogP contribution in [-0.4, -0.2) is 25.9 Å².